The number of nitrogens with one attached hydrogen (secondary N) is 1. The molecule has 0 saturated carbocycles. The molecule has 1 fully saturated rings. The summed E-state index contributed by atoms with van der Waals surface area (Å²) in [5.74, 6) is -0.664. The van der Waals surface area contributed by atoms with Crippen molar-refractivity contribution < 1.29 is 28.3 Å². The van der Waals surface area contributed by atoms with Crippen LogP contribution in [0.25, 0.3) is 0 Å². The number of hydrogen-bond acceptors (Lipinski definition) is 8. The molecular weight excluding hydrogens is 412 g/mol. The van der Waals surface area contributed by atoms with E-state index in [2.05, 4.69) is 10.3 Å². The molecule has 3 amide bonds. The first-order valence-corrected chi connectivity index (χ1v) is 10.4. The number of hydrogen-bond donors (Lipinski definition) is 1. The van der Waals surface area contributed by atoms with Gasteiger partial charge in [0.05, 0.1) is 38.2 Å². The fourth-order valence-corrected chi connectivity index (χ4v) is 3.59. The van der Waals surface area contributed by atoms with Crippen LogP contribution in [0, 0.1) is 0 Å². The lowest BCUT2D eigenvalue weighted by atomic mass is 10.3. The molecule has 1 aliphatic rings. The molecule has 0 spiro atoms. The zero-order chi connectivity index (χ0) is 21.3. The van der Waals surface area contributed by atoms with Gasteiger partial charge in [-0.1, -0.05) is 0 Å². The van der Waals surface area contributed by atoms with Gasteiger partial charge in [0.15, 0.2) is 10.9 Å². The maximum atomic E-state index is 12.5. The van der Waals surface area contributed by atoms with Crippen LogP contribution in [0.3, 0.4) is 0 Å². The van der Waals surface area contributed by atoms with Crippen LogP contribution in [-0.2, 0) is 25.5 Å². The minimum absolute atomic E-state index is 0.0174. The Hall–Kier alpha value is -2.76. The molecule has 2 aromatic heterocycles. The van der Waals surface area contributed by atoms with Gasteiger partial charge in [-0.05, 0) is 12.1 Å². The van der Waals surface area contributed by atoms with Crippen molar-refractivity contribution in [2.45, 2.75) is 6.42 Å². The zero-order valence-electron chi connectivity index (χ0n) is 16.7. The molecule has 0 bridgehead atoms. The minimum Gasteiger partial charge on any atom is -0.459 e. The standard InChI is InChI=1S/C19H24N4O6S/c1-27-8-4-23(18(26)15-3-2-7-29-15)12-16(24)21-19-20-14(13-30-19)11-17(25)22-5-9-28-10-6-22/h2-3,7,13H,4-6,8-12H2,1H3,(H,20,21,24). The molecule has 1 saturated heterocycles. The van der Waals surface area contributed by atoms with E-state index in [1.165, 1.54) is 29.6 Å². The molecule has 0 atom stereocenters. The molecule has 0 aliphatic carbocycles. The fraction of sp³-hybridized carbons (Fsp3) is 0.474. The number of nitrogens with zero attached hydrogens (tertiary/aromatic N) is 3. The number of methoxy groups -OCH3 is 1. The predicted octanol–water partition coefficient (Wildman–Crippen LogP) is 0.865. The number of carbonyl (C=O) groups excluding carboxylic acids is 3. The van der Waals surface area contributed by atoms with Gasteiger partial charge in [0.1, 0.15) is 6.54 Å². The molecule has 0 aromatic carbocycles. The third-order valence-corrected chi connectivity index (χ3v) is 5.22. The van der Waals surface area contributed by atoms with E-state index in [0.717, 1.165) is 0 Å². The number of amides is 3. The lowest BCUT2D eigenvalue weighted by Gasteiger charge is -2.26. The van der Waals surface area contributed by atoms with Crippen molar-refractivity contribution in [3.8, 4) is 0 Å². The molecule has 3 heterocycles. The molecular formula is C19H24N4O6S. The largest absolute Gasteiger partial charge is 0.459 e. The molecule has 30 heavy (non-hydrogen) atoms. The summed E-state index contributed by atoms with van der Waals surface area (Å²) in [6.07, 6.45) is 1.57. The molecule has 1 N–H and O–H groups in total. The fourth-order valence-electron chi connectivity index (χ4n) is 2.87. The maximum absolute atomic E-state index is 12.5. The average Bonchev–Trinajstić information content (AvgIpc) is 3.43. The summed E-state index contributed by atoms with van der Waals surface area (Å²) in [6.45, 7) is 2.58. The Balaban J connectivity index is 1.54. The van der Waals surface area contributed by atoms with E-state index in [9.17, 15) is 14.4 Å². The van der Waals surface area contributed by atoms with Crippen LogP contribution in [0.15, 0.2) is 28.2 Å². The lowest BCUT2D eigenvalue weighted by Crippen LogP contribution is -2.41. The third kappa shape index (κ3) is 6.12. The second-order valence-corrected chi connectivity index (χ2v) is 7.42. The van der Waals surface area contributed by atoms with Crippen molar-refractivity contribution in [1.29, 1.82) is 0 Å². The first-order chi connectivity index (χ1) is 14.6. The number of carbonyl (C=O) groups is 3. The van der Waals surface area contributed by atoms with Gasteiger partial charge in [-0.25, -0.2) is 4.98 Å². The summed E-state index contributed by atoms with van der Waals surface area (Å²) in [5.41, 5.74) is 0.592. The molecule has 0 radical (unpaired) electrons. The van der Waals surface area contributed by atoms with Gasteiger partial charge in [0.2, 0.25) is 11.8 Å². The predicted molar refractivity (Wildman–Crippen MR) is 108 cm³/mol. The highest BCUT2D eigenvalue weighted by Gasteiger charge is 2.22. The van der Waals surface area contributed by atoms with Crippen molar-refractivity contribution in [2.24, 2.45) is 0 Å². The first kappa shape index (κ1) is 21.9. The topological polar surface area (TPSA) is 114 Å². The second kappa shape index (κ2) is 10.9. The summed E-state index contributed by atoms with van der Waals surface area (Å²) in [7, 11) is 1.52. The summed E-state index contributed by atoms with van der Waals surface area (Å²) in [6, 6.07) is 3.15. The minimum atomic E-state index is -0.400. The van der Waals surface area contributed by atoms with E-state index >= 15 is 0 Å². The normalized spacial score (nSPS) is 13.8. The van der Waals surface area contributed by atoms with E-state index in [1.54, 1.807) is 22.4 Å². The molecule has 11 heteroatoms. The molecule has 2 aromatic rings. The first-order valence-electron chi connectivity index (χ1n) is 9.48. The Morgan fingerprint density at radius 1 is 1.33 bits per heavy atom. The Morgan fingerprint density at radius 3 is 2.83 bits per heavy atom. The highest BCUT2D eigenvalue weighted by Crippen LogP contribution is 2.17. The van der Waals surface area contributed by atoms with Crippen molar-refractivity contribution in [1.82, 2.24) is 14.8 Å². The Kier molecular flexibility index (Phi) is 7.94. The summed E-state index contributed by atoms with van der Waals surface area (Å²) < 4.78 is 15.4. The van der Waals surface area contributed by atoms with Gasteiger partial charge in [-0.3, -0.25) is 14.4 Å². The molecule has 3 rings (SSSR count). The van der Waals surface area contributed by atoms with E-state index in [0.29, 0.717) is 37.1 Å². The number of morpholine rings is 1. The van der Waals surface area contributed by atoms with Crippen LogP contribution in [0.1, 0.15) is 16.2 Å². The van der Waals surface area contributed by atoms with Gasteiger partial charge in [0, 0.05) is 32.1 Å². The van der Waals surface area contributed by atoms with Crippen LogP contribution < -0.4 is 5.32 Å². The lowest BCUT2D eigenvalue weighted by molar-refractivity contribution is -0.134. The van der Waals surface area contributed by atoms with Gasteiger partial charge in [-0.2, -0.15) is 0 Å². The number of aromatic nitrogens is 1. The van der Waals surface area contributed by atoms with E-state index in [-0.39, 0.29) is 37.8 Å². The monoisotopic (exact) mass is 436 g/mol. The van der Waals surface area contributed by atoms with Crippen LogP contribution in [0.4, 0.5) is 5.13 Å². The summed E-state index contributed by atoms with van der Waals surface area (Å²) in [4.78, 5) is 44.7. The zero-order valence-corrected chi connectivity index (χ0v) is 17.5. The van der Waals surface area contributed by atoms with Crippen molar-refractivity contribution in [3.63, 3.8) is 0 Å². The number of thiazole rings is 1. The average molecular weight is 436 g/mol. The number of ether oxygens (including phenoxy) is 2. The number of rotatable bonds is 9. The highest BCUT2D eigenvalue weighted by molar-refractivity contribution is 7.13. The van der Waals surface area contributed by atoms with Gasteiger partial charge < -0.3 is 29.0 Å². The molecule has 162 valence electrons. The van der Waals surface area contributed by atoms with Crippen LogP contribution in [0.5, 0.6) is 0 Å². The Morgan fingerprint density at radius 2 is 2.13 bits per heavy atom. The smallest absolute Gasteiger partial charge is 0.290 e. The maximum Gasteiger partial charge on any atom is 0.290 e. The highest BCUT2D eigenvalue weighted by atomic mass is 32.1. The summed E-state index contributed by atoms with van der Waals surface area (Å²) >= 11 is 1.23. The number of anilines is 1. The third-order valence-electron chi connectivity index (χ3n) is 4.41. The van der Waals surface area contributed by atoms with Gasteiger partial charge in [-0.15, -0.1) is 11.3 Å². The van der Waals surface area contributed by atoms with E-state index in [4.69, 9.17) is 13.9 Å². The van der Waals surface area contributed by atoms with Crippen LogP contribution >= 0.6 is 11.3 Å². The van der Waals surface area contributed by atoms with Crippen molar-refractivity contribution in [3.05, 3.63) is 35.2 Å². The molecule has 0 unspecified atom stereocenters. The van der Waals surface area contributed by atoms with Gasteiger partial charge in [0.25, 0.3) is 5.91 Å². The molecule has 10 nitrogen and oxygen atoms in total. The number of furan rings is 1. The molecule has 1 aliphatic heterocycles. The van der Waals surface area contributed by atoms with Crippen molar-refractivity contribution in [2.75, 3.05) is 58.4 Å². The second-order valence-electron chi connectivity index (χ2n) is 6.56. The SMILES string of the molecule is COCCN(CC(=O)Nc1nc(CC(=O)N2CCOCC2)cs1)C(=O)c1ccco1. The van der Waals surface area contributed by atoms with E-state index in [1.807, 2.05) is 0 Å². The Labute approximate surface area is 177 Å². The van der Waals surface area contributed by atoms with Crippen LogP contribution in [-0.4, -0.2) is 85.6 Å². The summed E-state index contributed by atoms with van der Waals surface area (Å²) in [5, 5.41) is 4.80. The quantitative estimate of drug-likeness (QED) is 0.620. The van der Waals surface area contributed by atoms with E-state index < -0.39 is 11.8 Å². The van der Waals surface area contributed by atoms with Crippen LogP contribution in [0.2, 0.25) is 0 Å². The Bertz CT molecular complexity index is 847. The van der Waals surface area contributed by atoms with Crippen molar-refractivity contribution >= 4 is 34.2 Å². The van der Waals surface area contributed by atoms with Gasteiger partial charge >= 0.3 is 0 Å².